The number of carbonyl (C=O) groups excluding carboxylic acids is 2. The van der Waals surface area contributed by atoms with Crippen LogP contribution in [-0.2, 0) is 4.79 Å². The summed E-state index contributed by atoms with van der Waals surface area (Å²) in [6, 6.07) is 5.59. The van der Waals surface area contributed by atoms with Gasteiger partial charge in [-0.2, -0.15) is 0 Å². The number of piperazine rings is 1. The van der Waals surface area contributed by atoms with Crippen molar-refractivity contribution in [2.75, 3.05) is 38.5 Å². The number of nitrogens with zero attached hydrogens (tertiary/aromatic N) is 2. The third-order valence-corrected chi connectivity index (χ3v) is 5.13. The van der Waals surface area contributed by atoms with Crippen molar-refractivity contribution < 1.29 is 9.59 Å². The molecule has 112 valence electrons. The van der Waals surface area contributed by atoms with E-state index in [4.69, 9.17) is 0 Å². The summed E-state index contributed by atoms with van der Waals surface area (Å²) in [6.07, 6.45) is 0. The lowest BCUT2D eigenvalue weighted by Crippen LogP contribution is -2.47. The van der Waals surface area contributed by atoms with Crippen LogP contribution in [0.3, 0.4) is 0 Å². The van der Waals surface area contributed by atoms with Crippen molar-refractivity contribution in [3.63, 3.8) is 0 Å². The number of hydrogen-bond donors (Lipinski definition) is 1. The Morgan fingerprint density at radius 1 is 1.29 bits per heavy atom. The molecule has 0 radical (unpaired) electrons. The summed E-state index contributed by atoms with van der Waals surface area (Å²) >= 11 is 1.53. The first-order chi connectivity index (χ1) is 10.0. The highest BCUT2D eigenvalue weighted by molar-refractivity contribution is 8.00. The molecule has 1 aromatic carbocycles. The first kappa shape index (κ1) is 14.4. The normalized spacial score (nSPS) is 22.7. The zero-order chi connectivity index (χ0) is 15.0. The van der Waals surface area contributed by atoms with Gasteiger partial charge in [0.15, 0.2) is 0 Å². The van der Waals surface area contributed by atoms with Gasteiger partial charge in [0.25, 0.3) is 5.91 Å². The summed E-state index contributed by atoms with van der Waals surface area (Å²) in [7, 11) is 2.06. The van der Waals surface area contributed by atoms with E-state index < -0.39 is 0 Å². The highest BCUT2D eigenvalue weighted by Crippen LogP contribution is 2.36. The summed E-state index contributed by atoms with van der Waals surface area (Å²) in [5, 5.41) is 2.79. The lowest BCUT2D eigenvalue weighted by atomic mass is 10.1. The number of carbonyl (C=O) groups is 2. The molecule has 5 nitrogen and oxygen atoms in total. The third kappa shape index (κ3) is 2.91. The number of fused-ring (bicyclic) bond motifs is 1. The number of anilines is 1. The molecular weight excluding hydrogens is 286 g/mol. The lowest BCUT2D eigenvalue weighted by molar-refractivity contribution is -0.115. The highest BCUT2D eigenvalue weighted by Gasteiger charge is 2.25. The molecule has 0 spiro atoms. The molecule has 21 heavy (non-hydrogen) atoms. The van der Waals surface area contributed by atoms with E-state index in [2.05, 4.69) is 17.3 Å². The van der Waals surface area contributed by atoms with Crippen molar-refractivity contribution in [2.45, 2.75) is 17.1 Å². The highest BCUT2D eigenvalue weighted by atomic mass is 32.2. The maximum atomic E-state index is 12.5. The third-order valence-electron chi connectivity index (χ3n) is 3.95. The van der Waals surface area contributed by atoms with Crippen LogP contribution in [0.15, 0.2) is 23.1 Å². The maximum Gasteiger partial charge on any atom is 0.254 e. The van der Waals surface area contributed by atoms with E-state index in [-0.39, 0.29) is 17.1 Å². The van der Waals surface area contributed by atoms with Crippen LogP contribution < -0.4 is 5.32 Å². The zero-order valence-electron chi connectivity index (χ0n) is 12.3. The molecule has 2 aliphatic rings. The van der Waals surface area contributed by atoms with Crippen LogP contribution in [0.5, 0.6) is 0 Å². The standard InChI is InChI=1S/C15H19N3O2S/c1-10-14(19)16-12-9-11(3-4-13(12)21-10)15(20)18-7-5-17(2)6-8-18/h3-4,9-10H,5-8H2,1-2H3,(H,16,19)/t10-/m1/s1. The van der Waals surface area contributed by atoms with Crippen LogP contribution >= 0.6 is 11.8 Å². The molecule has 0 bridgehead atoms. The first-order valence-corrected chi connectivity index (χ1v) is 8.02. The summed E-state index contributed by atoms with van der Waals surface area (Å²) in [5.41, 5.74) is 1.40. The Bertz CT molecular complexity index is 582. The minimum Gasteiger partial charge on any atom is -0.336 e. The molecule has 2 heterocycles. The molecule has 0 aromatic heterocycles. The average Bonchev–Trinajstić information content (AvgIpc) is 2.48. The molecule has 0 aliphatic carbocycles. The molecule has 1 atom stereocenters. The summed E-state index contributed by atoms with van der Waals surface area (Å²) < 4.78 is 0. The van der Waals surface area contributed by atoms with Gasteiger partial charge >= 0.3 is 0 Å². The Morgan fingerprint density at radius 3 is 2.71 bits per heavy atom. The van der Waals surface area contributed by atoms with E-state index >= 15 is 0 Å². The number of hydrogen-bond acceptors (Lipinski definition) is 4. The van der Waals surface area contributed by atoms with Crippen molar-refractivity contribution in [3.8, 4) is 0 Å². The number of nitrogens with one attached hydrogen (secondary N) is 1. The van der Waals surface area contributed by atoms with Gasteiger partial charge in [-0.05, 0) is 32.2 Å². The van der Waals surface area contributed by atoms with Gasteiger partial charge in [0.2, 0.25) is 5.91 Å². The molecule has 3 rings (SSSR count). The zero-order valence-corrected chi connectivity index (χ0v) is 13.1. The summed E-state index contributed by atoms with van der Waals surface area (Å²) in [4.78, 5) is 29.4. The molecule has 1 N–H and O–H groups in total. The largest absolute Gasteiger partial charge is 0.336 e. The van der Waals surface area contributed by atoms with Crippen LogP contribution in [0.2, 0.25) is 0 Å². The van der Waals surface area contributed by atoms with E-state index in [1.807, 2.05) is 24.0 Å². The lowest BCUT2D eigenvalue weighted by Gasteiger charge is -2.32. The molecular formula is C15H19N3O2S. The van der Waals surface area contributed by atoms with Crippen molar-refractivity contribution >= 4 is 29.3 Å². The average molecular weight is 305 g/mol. The Balaban J connectivity index is 1.79. The number of rotatable bonds is 1. The Labute approximate surface area is 128 Å². The minimum absolute atomic E-state index is 0.00306. The van der Waals surface area contributed by atoms with Gasteiger partial charge in [-0.15, -0.1) is 11.8 Å². The van der Waals surface area contributed by atoms with E-state index in [0.29, 0.717) is 5.56 Å². The fourth-order valence-corrected chi connectivity index (χ4v) is 3.46. The summed E-state index contributed by atoms with van der Waals surface area (Å²) in [5.74, 6) is 0.0421. The van der Waals surface area contributed by atoms with Crippen LogP contribution in [0.4, 0.5) is 5.69 Å². The Hall–Kier alpha value is -1.53. The van der Waals surface area contributed by atoms with E-state index in [1.165, 1.54) is 11.8 Å². The predicted molar refractivity (Wildman–Crippen MR) is 83.8 cm³/mol. The van der Waals surface area contributed by atoms with Gasteiger partial charge in [0.1, 0.15) is 0 Å². The second-order valence-electron chi connectivity index (χ2n) is 5.56. The van der Waals surface area contributed by atoms with Crippen molar-refractivity contribution in [2.24, 2.45) is 0 Å². The monoisotopic (exact) mass is 305 g/mol. The van der Waals surface area contributed by atoms with Crippen molar-refractivity contribution in [1.82, 2.24) is 9.80 Å². The summed E-state index contributed by atoms with van der Waals surface area (Å²) in [6.45, 7) is 5.20. The van der Waals surface area contributed by atoms with Crippen LogP contribution in [0.25, 0.3) is 0 Å². The first-order valence-electron chi connectivity index (χ1n) is 7.14. The van der Waals surface area contributed by atoms with Crippen molar-refractivity contribution in [1.29, 1.82) is 0 Å². The number of amides is 2. The number of likely N-dealkylation sites (N-methyl/N-ethyl adjacent to an activating group) is 1. The van der Waals surface area contributed by atoms with Gasteiger partial charge < -0.3 is 15.1 Å². The maximum absolute atomic E-state index is 12.5. The quantitative estimate of drug-likeness (QED) is 0.854. The molecule has 2 aliphatic heterocycles. The number of thioether (sulfide) groups is 1. The van der Waals surface area contributed by atoms with Gasteiger partial charge in [-0.3, -0.25) is 9.59 Å². The van der Waals surface area contributed by atoms with Gasteiger partial charge in [0.05, 0.1) is 10.9 Å². The predicted octanol–water partition coefficient (Wildman–Crippen LogP) is 1.51. The van der Waals surface area contributed by atoms with E-state index in [1.54, 1.807) is 6.07 Å². The second-order valence-corrected chi connectivity index (χ2v) is 6.94. The minimum atomic E-state index is -0.0864. The molecule has 1 aromatic rings. The molecule has 0 unspecified atom stereocenters. The fourth-order valence-electron chi connectivity index (χ4n) is 2.53. The van der Waals surface area contributed by atoms with Crippen LogP contribution in [-0.4, -0.2) is 60.1 Å². The number of benzene rings is 1. The molecule has 0 saturated carbocycles. The van der Waals surface area contributed by atoms with E-state index in [0.717, 1.165) is 36.8 Å². The Kier molecular flexibility index (Phi) is 3.91. The topological polar surface area (TPSA) is 52.7 Å². The molecule has 1 fully saturated rings. The fraction of sp³-hybridized carbons (Fsp3) is 0.467. The van der Waals surface area contributed by atoms with Gasteiger partial charge in [-0.1, -0.05) is 0 Å². The van der Waals surface area contributed by atoms with Crippen molar-refractivity contribution in [3.05, 3.63) is 23.8 Å². The molecule has 1 saturated heterocycles. The smallest absolute Gasteiger partial charge is 0.254 e. The van der Waals surface area contributed by atoms with Crippen LogP contribution in [0, 0.1) is 0 Å². The van der Waals surface area contributed by atoms with Crippen LogP contribution in [0.1, 0.15) is 17.3 Å². The SMILES string of the molecule is C[C@H]1Sc2ccc(C(=O)N3CCN(C)CC3)cc2NC1=O. The molecule has 2 amide bonds. The van der Waals surface area contributed by atoms with E-state index in [9.17, 15) is 9.59 Å². The second kappa shape index (κ2) is 5.69. The molecule has 6 heteroatoms. The van der Waals surface area contributed by atoms with Gasteiger partial charge in [-0.25, -0.2) is 0 Å². The van der Waals surface area contributed by atoms with Gasteiger partial charge in [0, 0.05) is 36.6 Å². The Morgan fingerprint density at radius 2 is 2.00 bits per heavy atom.